The molecule has 1 saturated heterocycles. The summed E-state index contributed by atoms with van der Waals surface area (Å²) in [5.41, 5.74) is -0.790. The number of amides is 1. The minimum atomic E-state index is -0.728. The Hall–Kier alpha value is -1.70. The molecule has 1 unspecified atom stereocenters. The second-order valence-electron chi connectivity index (χ2n) is 3.98. The van der Waals surface area contributed by atoms with Crippen molar-refractivity contribution in [3.8, 4) is 0 Å². The lowest BCUT2D eigenvalue weighted by molar-refractivity contribution is -0.117. The molecule has 19 heavy (non-hydrogen) atoms. The van der Waals surface area contributed by atoms with Crippen molar-refractivity contribution in [2.24, 2.45) is 0 Å². The molecule has 1 aliphatic rings. The molecular formula is C11H12BrN3O4. The normalized spacial score (nSPS) is 18.7. The van der Waals surface area contributed by atoms with Crippen LogP contribution in [0, 0.1) is 0 Å². The van der Waals surface area contributed by atoms with Crippen LogP contribution in [0.2, 0.25) is 0 Å². The molecule has 7 nitrogen and oxygen atoms in total. The average Bonchev–Trinajstić information content (AvgIpc) is 2.68. The first kappa shape index (κ1) is 13.7. The SMILES string of the molecule is CCOC(=O)c1cnc(N2CC(Br)CC2=O)[nH]c1=O. The molecule has 0 aliphatic carbocycles. The third-order valence-corrected chi connectivity index (χ3v) is 3.23. The summed E-state index contributed by atoms with van der Waals surface area (Å²) in [6, 6.07) is 0. The van der Waals surface area contributed by atoms with Crippen molar-refractivity contribution in [1.82, 2.24) is 9.97 Å². The van der Waals surface area contributed by atoms with E-state index >= 15 is 0 Å². The van der Waals surface area contributed by atoms with Gasteiger partial charge in [0.15, 0.2) is 0 Å². The van der Waals surface area contributed by atoms with E-state index in [4.69, 9.17) is 4.74 Å². The number of halogens is 1. The molecule has 1 N–H and O–H groups in total. The average molecular weight is 330 g/mol. The summed E-state index contributed by atoms with van der Waals surface area (Å²) in [6.45, 7) is 2.25. The van der Waals surface area contributed by atoms with Gasteiger partial charge in [-0.1, -0.05) is 15.9 Å². The number of rotatable bonds is 3. The van der Waals surface area contributed by atoms with Crippen molar-refractivity contribution in [3.05, 3.63) is 22.1 Å². The zero-order chi connectivity index (χ0) is 14.0. The maximum Gasteiger partial charge on any atom is 0.345 e. The number of hydrogen-bond donors (Lipinski definition) is 1. The van der Waals surface area contributed by atoms with Gasteiger partial charge in [0.2, 0.25) is 11.9 Å². The molecule has 0 bridgehead atoms. The van der Waals surface area contributed by atoms with E-state index in [1.54, 1.807) is 6.92 Å². The second-order valence-corrected chi connectivity index (χ2v) is 5.27. The number of aromatic nitrogens is 2. The summed E-state index contributed by atoms with van der Waals surface area (Å²) >= 11 is 3.34. The van der Waals surface area contributed by atoms with E-state index in [1.807, 2.05) is 0 Å². The van der Waals surface area contributed by atoms with Gasteiger partial charge in [0.1, 0.15) is 5.56 Å². The summed E-state index contributed by atoms with van der Waals surface area (Å²) in [5, 5.41) is 0. The lowest BCUT2D eigenvalue weighted by Gasteiger charge is -2.13. The van der Waals surface area contributed by atoms with Gasteiger partial charge in [-0.3, -0.25) is 19.5 Å². The van der Waals surface area contributed by atoms with E-state index in [2.05, 4.69) is 25.9 Å². The molecule has 2 rings (SSSR count). The molecule has 1 amide bonds. The van der Waals surface area contributed by atoms with Gasteiger partial charge < -0.3 is 4.74 Å². The number of nitrogens with zero attached hydrogens (tertiary/aromatic N) is 2. The molecule has 1 aromatic heterocycles. The lowest BCUT2D eigenvalue weighted by atomic mass is 10.3. The first-order chi connectivity index (χ1) is 9.02. The predicted molar refractivity (Wildman–Crippen MR) is 70.5 cm³/mol. The Bertz CT molecular complexity index is 571. The first-order valence-electron chi connectivity index (χ1n) is 5.73. The van der Waals surface area contributed by atoms with Crippen molar-refractivity contribution in [2.75, 3.05) is 18.1 Å². The highest BCUT2D eigenvalue weighted by Crippen LogP contribution is 2.21. The van der Waals surface area contributed by atoms with Crippen LogP contribution in [0.15, 0.2) is 11.0 Å². The Morgan fingerprint density at radius 1 is 1.63 bits per heavy atom. The molecule has 0 spiro atoms. The summed E-state index contributed by atoms with van der Waals surface area (Å²) < 4.78 is 4.73. The monoisotopic (exact) mass is 329 g/mol. The lowest BCUT2D eigenvalue weighted by Crippen LogP contribution is -2.30. The topological polar surface area (TPSA) is 92.4 Å². The zero-order valence-corrected chi connectivity index (χ0v) is 11.8. The largest absolute Gasteiger partial charge is 0.462 e. The van der Waals surface area contributed by atoms with Crippen LogP contribution < -0.4 is 10.5 Å². The van der Waals surface area contributed by atoms with E-state index in [-0.39, 0.29) is 28.9 Å². The predicted octanol–water partition coefficient (Wildman–Crippen LogP) is 0.447. The fourth-order valence-corrected chi connectivity index (χ4v) is 2.31. The molecule has 1 atom stereocenters. The zero-order valence-electron chi connectivity index (χ0n) is 10.2. The van der Waals surface area contributed by atoms with E-state index in [9.17, 15) is 14.4 Å². The Morgan fingerprint density at radius 2 is 2.37 bits per heavy atom. The smallest absolute Gasteiger partial charge is 0.345 e. The van der Waals surface area contributed by atoms with Crippen molar-refractivity contribution in [1.29, 1.82) is 0 Å². The van der Waals surface area contributed by atoms with E-state index in [1.165, 1.54) is 4.90 Å². The molecule has 0 radical (unpaired) electrons. The molecule has 1 fully saturated rings. The number of alkyl halides is 1. The molecule has 0 saturated carbocycles. The van der Waals surface area contributed by atoms with Crippen molar-refractivity contribution in [3.63, 3.8) is 0 Å². The highest BCUT2D eigenvalue weighted by molar-refractivity contribution is 9.09. The van der Waals surface area contributed by atoms with Gasteiger partial charge >= 0.3 is 5.97 Å². The first-order valence-corrected chi connectivity index (χ1v) is 6.65. The molecular weight excluding hydrogens is 318 g/mol. The molecule has 2 heterocycles. The summed E-state index contributed by atoms with van der Waals surface area (Å²) in [7, 11) is 0. The van der Waals surface area contributed by atoms with Gasteiger partial charge in [-0.25, -0.2) is 9.78 Å². The molecule has 102 valence electrons. The third-order valence-electron chi connectivity index (χ3n) is 2.61. The highest BCUT2D eigenvalue weighted by Gasteiger charge is 2.30. The number of hydrogen-bond acceptors (Lipinski definition) is 5. The minimum absolute atomic E-state index is 0.0371. The number of aromatic amines is 1. The van der Waals surface area contributed by atoms with Gasteiger partial charge in [-0.2, -0.15) is 0 Å². The molecule has 0 aromatic carbocycles. The van der Waals surface area contributed by atoms with Crippen molar-refractivity contribution < 1.29 is 14.3 Å². The van der Waals surface area contributed by atoms with Crippen LogP contribution in [0.3, 0.4) is 0 Å². The number of carbonyl (C=O) groups is 2. The number of ether oxygens (including phenoxy) is 1. The number of anilines is 1. The molecule has 1 aromatic rings. The van der Waals surface area contributed by atoms with Gasteiger partial charge in [0.25, 0.3) is 5.56 Å². The maximum absolute atomic E-state index is 11.8. The van der Waals surface area contributed by atoms with Crippen LogP contribution in [0.1, 0.15) is 23.7 Å². The Morgan fingerprint density at radius 3 is 2.89 bits per heavy atom. The van der Waals surface area contributed by atoms with Gasteiger partial charge in [0, 0.05) is 17.8 Å². The van der Waals surface area contributed by atoms with Crippen molar-refractivity contribution >= 4 is 33.8 Å². The standard InChI is InChI=1S/C11H12BrN3O4/c1-2-19-10(18)7-4-13-11(14-9(7)17)15-5-6(12)3-8(15)16/h4,6H,2-3,5H2,1H3,(H,13,14,17). The molecule has 1 aliphatic heterocycles. The third kappa shape index (κ3) is 2.83. The van der Waals surface area contributed by atoms with Crippen LogP contribution >= 0.6 is 15.9 Å². The van der Waals surface area contributed by atoms with Crippen LogP contribution in [0.4, 0.5) is 5.95 Å². The quantitative estimate of drug-likeness (QED) is 0.642. The van der Waals surface area contributed by atoms with Crippen molar-refractivity contribution in [2.45, 2.75) is 18.2 Å². The van der Waals surface area contributed by atoms with Crippen LogP contribution in [-0.4, -0.2) is 39.8 Å². The minimum Gasteiger partial charge on any atom is -0.462 e. The fourth-order valence-electron chi connectivity index (χ4n) is 1.75. The van der Waals surface area contributed by atoms with Crippen LogP contribution in [-0.2, 0) is 9.53 Å². The van der Waals surface area contributed by atoms with E-state index in [0.717, 1.165) is 6.20 Å². The summed E-state index contributed by atoms with van der Waals surface area (Å²) in [5.74, 6) is -0.715. The summed E-state index contributed by atoms with van der Waals surface area (Å²) in [4.78, 5) is 42.6. The van der Waals surface area contributed by atoms with E-state index < -0.39 is 11.5 Å². The van der Waals surface area contributed by atoms with E-state index in [0.29, 0.717) is 13.0 Å². The maximum atomic E-state index is 11.8. The number of carbonyl (C=O) groups excluding carboxylic acids is 2. The van der Waals surface area contributed by atoms with Gasteiger partial charge in [-0.15, -0.1) is 0 Å². The van der Waals surface area contributed by atoms with Crippen LogP contribution in [0.25, 0.3) is 0 Å². The number of H-pyrrole nitrogens is 1. The Labute approximate surface area is 117 Å². The number of nitrogens with one attached hydrogen (secondary N) is 1. The fraction of sp³-hybridized carbons (Fsp3) is 0.455. The van der Waals surface area contributed by atoms with Gasteiger partial charge in [-0.05, 0) is 6.92 Å². The van der Waals surface area contributed by atoms with Crippen LogP contribution in [0.5, 0.6) is 0 Å². The molecule has 8 heteroatoms. The summed E-state index contributed by atoms with van der Waals surface area (Å²) in [6.07, 6.45) is 1.48. The second kappa shape index (κ2) is 5.52. The van der Waals surface area contributed by atoms with Gasteiger partial charge in [0.05, 0.1) is 12.8 Å². The highest BCUT2D eigenvalue weighted by atomic mass is 79.9. The Kier molecular flexibility index (Phi) is 3.98. The Balaban J connectivity index is 2.27. The number of esters is 1.